The number of hydrogen-bond acceptors (Lipinski definition) is 4. The average molecular weight is 217 g/mol. The van der Waals surface area contributed by atoms with Crippen molar-refractivity contribution in [3.05, 3.63) is 29.8 Å². The largest absolute Gasteiger partial charge is 0.478 e. The van der Waals surface area contributed by atoms with Crippen molar-refractivity contribution in [1.29, 1.82) is 0 Å². The summed E-state index contributed by atoms with van der Waals surface area (Å²) in [5, 5.41) is 0. The van der Waals surface area contributed by atoms with E-state index >= 15 is 0 Å². The summed E-state index contributed by atoms with van der Waals surface area (Å²) in [4.78, 5) is 0. The molecular weight excluding hydrogens is 206 g/mol. The highest BCUT2D eigenvalue weighted by molar-refractivity contribution is 7.85. The van der Waals surface area contributed by atoms with Crippen LogP contribution in [0.25, 0.3) is 0 Å². The number of benzene rings is 1. The van der Waals surface area contributed by atoms with Gasteiger partial charge in [0.25, 0.3) is 10.1 Å². The molecule has 1 rings (SSSR count). The van der Waals surface area contributed by atoms with Gasteiger partial charge < -0.3 is 4.74 Å². The minimum atomic E-state index is -4.04. The molecule has 0 aromatic heterocycles. The molecule has 6 heteroatoms. The van der Waals surface area contributed by atoms with E-state index in [1.807, 2.05) is 0 Å². The van der Waals surface area contributed by atoms with E-state index in [2.05, 4.69) is 0 Å². The Morgan fingerprint density at radius 2 is 2.00 bits per heavy atom. The van der Waals surface area contributed by atoms with Crippen LogP contribution in [0.3, 0.4) is 0 Å². The highest BCUT2D eigenvalue weighted by atomic mass is 32.2. The maximum Gasteiger partial charge on any atom is 0.269 e. The molecule has 0 fully saturated rings. The molecule has 14 heavy (non-hydrogen) atoms. The van der Waals surface area contributed by atoms with Gasteiger partial charge in [-0.3, -0.25) is 10.3 Å². The van der Waals surface area contributed by atoms with Crippen LogP contribution in [0.2, 0.25) is 0 Å². The highest BCUT2D eigenvalue weighted by Crippen LogP contribution is 2.19. The third-order valence-electron chi connectivity index (χ3n) is 1.55. The molecule has 0 unspecified atom stereocenters. The molecule has 0 aliphatic carbocycles. The van der Waals surface area contributed by atoms with Crippen LogP contribution in [0.5, 0.6) is 5.75 Å². The lowest BCUT2D eigenvalue weighted by Crippen LogP contribution is -2.10. The summed E-state index contributed by atoms with van der Waals surface area (Å²) in [5.41, 5.74) is 5.55. The third-order valence-corrected chi connectivity index (χ3v) is 2.23. The SMILES string of the molecule is NCOc1ccccc1CS(=O)(=O)O. The standard InChI is InChI=1S/C8H11NO4S/c9-6-13-8-4-2-1-3-7(8)5-14(10,11)12/h1-4H,5-6,9H2,(H,10,11,12). The third kappa shape index (κ3) is 3.33. The Bertz CT molecular complexity index is 402. The predicted octanol–water partition coefficient (Wildman–Crippen LogP) is 0.369. The summed E-state index contributed by atoms with van der Waals surface area (Å²) in [7, 11) is -4.04. The molecule has 0 saturated carbocycles. The van der Waals surface area contributed by atoms with Crippen LogP contribution in [0.1, 0.15) is 5.56 Å². The lowest BCUT2D eigenvalue weighted by atomic mass is 10.2. The molecule has 0 aliphatic heterocycles. The molecule has 0 saturated heterocycles. The van der Waals surface area contributed by atoms with Crippen molar-refractivity contribution in [3.63, 3.8) is 0 Å². The van der Waals surface area contributed by atoms with Crippen molar-refractivity contribution in [2.24, 2.45) is 5.73 Å². The molecular formula is C8H11NO4S. The quantitative estimate of drug-likeness (QED) is 0.561. The van der Waals surface area contributed by atoms with Gasteiger partial charge in [-0.2, -0.15) is 8.42 Å². The Kier molecular flexibility index (Phi) is 3.45. The molecule has 1 aromatic rings. The summed E-state index contributed by atoms with van der Waals surface area (Å²) in [6, 6.07) is 6.49. The van der Waals surface area contributed by atoms with Gasteiger partial charge in [-0.05, 0) is 6.07 Å². The van der Waals surface area contributed by atoms with Gasteiger partial charge in [0.05, 0.1) is 0 Å². The predicted molar refractivity (Wildman–Crippen MR) is 51.4 cm³/mol. The fourth-order valence-electron chi connectivity index (χ4n) is 1.05. The molecule has 0 atom stereocenters. The Morgan fingerprint density at radius 3 is 2.57 bits per heavy atom. The van der Waals surface area contributed by atoms with Gasteiger partial charge in [-0.25, -0.2) is 0 Å². The van der Waals surface area contributed by atoms with Gasteiger partial charge in [-0.15, -0.1) is 0 Å². The summed E-state index contributed by atoms with van der Waals surface area (Å²) in [5.74, 6) is -0.101. The smallest absolute Gasteiger partial charge is 0.269 e. The number of ether oxygens (including phenoxy) is 1. The number of rotatable bonds is 4. The molecule has 0 amide bonds. The van der Waals surface area contributed by atoms with Crippen LogP contribution < -0.4 is 10.5 Å². The van der Waals surface area contributed by atoms with Crippen molar-refractivity contribution in [2.75, 3.05) is 6.73 Å². The highest BCUT2D eigenvalue weighted by Gasteiger charge is 2.10. The topological polar surface area (TPSA) is 89.6 Å². The zero-order valence-electron chi connectivity index (χ0n) is 7.38. The molecule has 0 spiro atoms. The van der Waals surface area contributed by atoms with Gasteiger partial charge in [0.15, 0.2) is 0 Å². The summed E-state index contributed by atoms with van der Waals surface area (Å²) >= 11 is 0. The van der Waals surface area contributed by atoms with Gasteiger partial charge in [0.2, 0.25) is 0 Å². The van der Waals surface area contributed by atoms with E-state index in [0.717, 1.165) is 0 Å². The Labute approximate surface area is 82.2 Å². The van der Waals surface area contributed by atoms with E-state index in [1.54, 1.807) is 24.3 Å². The second-order valence-corrected chi connectivity index (χ2v) is 4.10. The fourth-order valence-corrected chi connectivity index (χ4v) is 1.68. The minimum absolute atomic E-state index is 0.0392. The average Bonchev–Trinajstić information content (AvgIpc) is 2.06. The Hall–Kier alpha value is -1.11. The first-order chi connectivity index (χ1) is 6.53. The monoisotopic (exact) mass is 217 g/mol. The first-order valence-corrected chi connectivity index (χ1v) is 5.50. The first kappa shape index (κ1) is 11.0. The van der Waals surface area contributed by atoms with Crippen molar-refractivity contribution in [1.82, 2.24) is 0 Å². The van der Waals surface area contributed by atoms with Gasteiger partial charge >= 0.3 is 0 Å². The van der Waals surface area contributed by atoms with E-state index in [9.17, 15) is 8.42 Å². The molecule has 0 aliphatic rings. The molecule has 0 bridgehead atoms. The Morgan fingerprint density at radius 1 is 1.36 bits per heavy atom. The van der Waals surface area contributed by atoms with Crippen LogP contribution in [0, 0.1) is 0 Å². The van der Waals surface area contributed by atoms with Gasteiger partial charge in [0, 0.05) is 5.56 Å². The van der Waals surface area contributed by atoms with Crippen molar-refractivity contribution < 1.29 is 17.7 Å². The van der Waals surface area contributed by atoms with Gasteiger partial charge in [0.1, 0.15) is 18.2 Å². The first-order valence-electron chi connectivity index (χ1n) is 3.89. The van der Waals surface area contributed by atoms with E-state index in [1.165, 1.54) is 0 Å². The van der Waals surface area contributed by atoms with Crippen molar-refractivity contribution >= 4 is 10.1 Å². The van der Waals surface area contributed by atoms with Crippen LogP contribution in [-0.2, 0) is 15.9 Å². The molecule has 3 N–H and O–H groups in total. The minimum Gasteiger partial charge on any atom is -0.478 e. The van der Waals surface area contributed by atoms with Crippen LogP contribution in [0.4, 0.5) is 0 Å². The second kappa shape index (κ2) is 4.41. The van der Waals surface area contributed by atoms with E-state index in [0.29, 0.717) is 11.3 Å². The maximum atomic E-state index is 10.6. The molecule has 0 radical (unpaired) electrons. The number of hydrogen-bond donors (Lipinski definition) is 2. The summed E-state index contributed by atoms with van der Waals surface area (Å²) in [6.45, 7) is -0.0392. The maximum absolute atomic E-state index is 10.6. The molecule has 5 nitrogen and oxygen atoms in total. The number of para-hydroxylation sites is 1. The van der Waals surface area contributed by atoms with Crippen molar-refractivity contribution in [3.8, 4) is 5.75 Å². The van der Waals surface area contributed by atoms with E-state index in [4.69, 9.17) is 15.0 Å². The summed E-state index contributed by atoms with van der Waals surface area (Å²) < 4.78 is 34.9. The molecule has 78 valence electrons. The normalized spacial score (nSPS) is 11.3. The zero-order chi connectivity index (χ0) is 10.6. The van der Waals surface area contributed by atoms with Crippen molar-refractivity contribution in [2.45, 2.75) is 5.75 Å². The lowest BCUT2D eigenvalue weighted by Gasteiger charge is -2.07. The molecule has 1 aromatic carbocycles. The van der Waals surface area contributed by atoms with E-state index in [-0.39, 0.29) is 6.73 Å². The summed E-state index contributed by atoms with van der Waals surface area (Å²) in [6.07, 6.45) is 0. The zero-order valence-corrected chi connectivity index (χ0v) is 8.20. The molecule has 0 heterocycles. The van der Waals surface area contributed by atoms with Crippen LogP contribution in [0.15, 0.2) is 24.3 Å². The van der Waals surface area contributed by atoms with Crippen LogP contribution in [-0.4, -0.2) is 19.7 Å². The fraction of sp³-hybridized carbons (Fsp3) is 0.250. The lowest BCUT2D eigenvalue weighted by molar-refractivity contribution is 0.326. The van der Waals surface area contributed by atoms with Crippen LogP contribution >= 0.6 is 0 Å². The number of nitrogens with two attached hydrogens (primary N) is 1. The van der Waals surface area contributed by atoms with E-state index < -0.39 is 15.9 Å². The van der Waals surface area contributed by atoms with Gasteiger partial charge in [-0.1, -0.05) is 18.2 Å². The Balaban J connectivity index is 2.95. The second-order valence-electron chi connectivity index (χ2n) is 2.64.